The van der Waals surface area contributed by atoms with Crippen LogP contribution in [0.2, 0.25) is 0 Å². The third-order valence-electron chi connectivity index (χ3n) is 7.10. The largest absolute Gasteiger partial charge is 0.379 e. The Bertz CT molecular complexity index is 1030. The normalized spacial score (nSPS) is 18.3. The van der Waals surface area contributed by atoms with Crippen molar-refractivity contribution in [1.29, 1.82) is 0 Å². The van der Waals surface area contributed by atoms with Gasteiger partial charge in [-0.3, -0.25) is 9.69 Å². The number of nitrogens with zero attached hydrogens (tertiary/aromatic N) is 3. The number of benzene rings is 2. The molecule has 0 unspecified atom stereocenters. The smallest absolute Gasteiger partial charge is 0.242 e. The van der Waals surface area contributed by atoms with Crippen LogP contribution >= 0.6 is 0 Å². The molecule has 5 rings (SSSR count). The van der Waals surface area contributed by atoms with E-state index in [0.29, 0.717) is 6.54 Å². The SMILES string of the molecule is O=C(Cn1c(-c2ccccc2)cc2ccccc21)N1CCC(CCN2CCOCC2)CC1. The summed E-state index contributed by atoms with van der Waals surface area (Å²) in [7, 11) is 0. The molecule has 0 bridgehead atoms. The van der Waals surface area contributed by atoms with E-state index in [1.165, 1.54) is 11.8 Å². The molecule has 2 aromatic carbocycles. The van der Waals surface area contributed by atoms with Crippen LogP contribution < -0.4 is 0 Å². The molecule has 1 aromatic heterocycles. The summed E-state index contributed by atoms with van der Waals surface area (Å²) in [4.78, 5) is 17.9. The second-order valence-electron chi connectivity index (χ2n) is 9.11. The number of piperidine rings is 1. The lowest BCUT2D eigenvalue weighted by atomic mass is 9.93. The Morgan fingerprint density at radius 2 is 1.62 bits per heavy atom. The van der Waals surface area contributed by atoms with E-state index >= 15 is 0 Å². The summed E-state index contributed by atoms with van der Waals surface area (Å²) in [6, 6.07) is 20.9. The maximum Gasteiger partial charge on any atom is 0.242 e. The highest BCUT2D eigenvalue weighted by molar-refractivity contribution is 5.89. The van der Waals surface area contributed by atoms with Crippen molar-refractivity contribution in [2.24, 2.45) is 5.92 Å². The first-order valence-corrected chi connectivity index (χ1v) is 12.0. The lowest BCUT2D eigenvalue weighted by Gasteiger charge is -2.34. The van der Waals surface area contributed by atoms with Gasteiger partial charge in [0.05, 0.1) is 13.2 Å². The zero-order valence-electron chi connectivity index (χ0n) is 18.8. The van der Waals surface area contributed by atoms with Crippen molar-refractivity contribution in [3.8, 4) is 11.3 Å². The van der Waals surface area contributed by atoms with Gasteiger partial charge in [0.1, 0.15) is 6.54 Å². The minimum absolute atomic E-state index is 0.232. The van der Waals surface area contributed by atoms with E-state index in [1.54, 1.807) is 0 Å². The van der Waals surface area contributed by atoms with Crippen molar-refractivity contribution in [3.05, 3.63) is 60.7 Å². The van der Waals surface area contributed by atoms with Crippen LogP contribution in [0.1, 0.15) is 19.3 Å². The van der Waals surface area contributed by atoms with Crippen molar-refractivity contribution in [2.75, 3.05) is 45.9 Å². The minimum atomic E-state index is 0.232. The van der Waals surface area contributed by atoms with Crippen LogP contribution in [0.5, 0.6) is 0 Å². The van der Waals surface area contributed by atoms with Crippen molar-refractivity contribution in [3.63, 3.8) is 0 Å². The van der Waals surface area contributed by atoms with Crippen LogP contribution in [-0.2, 0) is 16.1 Å². The van der Waals surface area contributed by atoms with E-state index in [-0.39, 0.29) is 5.91 Å². The van der Waals surface area contributed by atoms with Crippen molar-refractivity contribution < 1.29 is 9.53 Å². The highest BCUT2D eigenvalue weighted by Gasteiger charge is 2.24. The Morgan fingerprint density at radius 1 is 0.906 bits per heavy atom. The first kappa shape index (κ1) is 21.2. The average molecular weight is 432 g/mol. The van der Waals surface area contributed by atoms with Crippen LogP contribution in [0, 0.1) is 5.92 Å². The Morgan fingerprint density at radius 3 is 2.41 bits per heavy atom. The number of para-hydroxylation sites is 1. The van der Waals surface area contributed by atoms with E-state index < -0.39 is 0 Å². The van der Waals surface area contributed by atoms with Crippen LogP contribution in [0.15, 0.2) is 60.7 Å². The number of rotatable bonds is 6. The number of hydrogen-bond donors (Lipinski definition) is 0. The zero-order chi connectivity index (χ0) is 21.8. The quantitative estimate of drug-likeness (QED) is 0.585. The fourth-order valence-corrected chi connectivity index (χ4v) is 5.13. The summed E-state index contributed by atoms with van der Waals surface area (Å²) >= 11 is 0. The predicted molar refractivity (Wildman–Crippen MR) is 129 cm³/mol. The molecule has 2 fully saturated rings. The van der Waals surface area contributed by atoms with Crippen molar-refractivity contribution in [1.82, 2.24) is 14.4 Å². The molecule has 168 valence electrons. The van der Waals surface area contributed by atoms with E-state index in [4.69, 9.17) is 4.74 Å². The second kappa shape index (κ2) is 9.88. The molecule has 0 aliphatic carbocycles. The molecular weight excluding hydrogens is 398 g/mol. The summed E-state index contributed by atoms with van der Waals surface area (Å²) in [5.74, 6) is 0.962. The van der Waals surface area contributed by atoms with Crippen LogP contribution in [0.4, 0.5) is 0 Å². The summed E-state index contributed by atoms with van der Waals surface area (Å²) in [5.41, 5.74) is 3.39. The third-order valence-corrected chi connectivity index (χ3v) is 7.10. The first-order chi connectivity index (χ1) is 15.8. The highest BCUT2D eigenvalue weighted by Crippen LogP contribution is 2.29. The molecule has 0 N–H and O–H groups in total. The van der Waals surface area contributed by atoms with Crippen LogP contribution in [0.3, 0.4) is 0 Å². The highest BCUT2D eigenvalue weighted by atomic mass is 16.5. The number of ether oxygens (including phenoxy) is 1. The Hall–Kier alpha value is -2.63. The molecule has 2 aliphatic rings. The molecule has 2 aliphatic heterocycles. The van der Waals surface area contributed by atoms with Crippen LogP contribution in [-0.4, -0.2) is 66.2 Å². The van der Waals surface area contributed by atoms with Gasteiger partial charge in [-0.2, -0.15) is 0 Å². The molecule has 3 heterocycles. The van der Waals surface area contributed by atoms with Crippen molar-refractivity contribution >= 4 is 16.8 Å². The van der Waals surface area contributed by atoms with E-state index in [1.807, 2.05) is 6.07 Å². The van der Waals surface area contributed by atoms with E-state index in [9.17, 15) is 4.79 Å². The molecule has 0 spiro atoms. The topological polar surface area (TPSA) is 37.7 Å². The van der Waals surface area contributed by atoms with Gasteiger partial charge in [-0.15, -0.1) is 0 Å². The molecule has 5 heteroatoms. The predicted octanol–water partition coefficient (Wildman–Crippen LogP) is 4.27. The molecule has 0 radical (unpaired) electrons. The van der Waals surface area contributed by atoms with E-state index in [0.717, 1.165) is 81.5 Å². The third kappa shape index (κ3) is 4.74. The average Bonchev–Trinajstić information content (AvgIpc) is 3.22. The standard InChI is InChI=1S/C27H33N3O2/c31-27(29-14-11-22(12-15-29)10-13-28-16-18-32-19-17-28)21-30-25-9-5-4-8-24(25)20-26(30)23-6-2-1-3-7-23/h1-9,20,22H,10-19,21H2. The summed E-state index contributed by atoms with van der Waals surface area (Å²) in [6.45, 7) is 7.18. The number of morpholine rings is 1. The Labute approximate surface area is 190 Å². The lowest BCUT2D eigenvalue weighted by Crippen LogP contribution is -2.41. The van der Waals surface area contributed by atoms with Crippen molar-refractivity contribution in [2.45, 2.75) is 25.8 Å². The number of likely N-dealkylation sites (tertiary alicyclic amines) is 1. The number of amides is 1. The number of aromatic nitrogens is 1. The fraction of sp³-hybridized carbons (Fsp3) is 0.444. The molecule has 1 amide bonds. The summed E-state index contributed by atoms with van der Waals surface area (Å²) in [5, 5.41) is 1.18. The zero-order valence-corrected chi connectivity index (χ0v) is 18.8. The number of carbonyl (C=O) groups excluding carboxylic acids is 1. The van der Waals surface area contributed by atoms with Gasteiger partial charge < -0.3 is 14.2 Å². The summed E-state index contributed by atoms with van der Waals surface area (Å²) < 4.78 is 7.64. The number of carbonyl (C=O) groups is 1. The van der Waals surface area contributed by atoms with Gasteiger partial charge in [-0.1, -0.05) is 48.5 Å². The number of hydrogen-bond acceptors (Lipinski definition) is 3. The van der Waals surface area contributed by atoms with Crippen LogP contribution in [0.25, 0.3) is 22.2 Å². The molecular formula is C27H33N3O2. The monoisotopic (exact) mass is 431 g/mol. The second-order valence-corrected chi connectivity index (χ2v) is 9.11. The molecule has 5 nitrogen and oxygen atoms in total. The Balaban J connectivity index is 1.23. The van der Waals surface area contributed by atoms with Gasteiger partial charge in [0.15, 0.2) is 0 Å². The summed E-state index contributed by atoms with van der Waals surface area (Å²) in [6.07, 6.45) is 3.48. The minimum Gasteiger partial charge on any atom is -0.379 e. The van der Waals surface area contributed by atoms with Gasteiger partial charge in [-0.05, 0) is 49.4 Å². The van der Waals surface area contributed by atoms with Gasteiger partial charge in [0.2, 0.25) is 5.91 Å². The number of fused-ring (bicyclic) bond motifs is 1. The van der Waals surface area contributed by atoms with Gasteiger partial charge >= 0.3 is 0 Å². The molecule has 32 heavy (non-hydrogen) atoms. The molecule has 0 saturated carbocycles. The molecule has 3 aromatic rings. The van der Waals surface area contributed by atoms with Gasteiger partial charge in [-0.25, -0.2) is 0 Å². The van der Waals surface area contributed by atoms with Gasteiger partial charge in [0, 0.05) is 42.8 Å². The first-order valence-electron chi connectivity index (χ1n) is 12.0. The maximum absolute atomic E-state index is 13.3. The van der Waals surface area contributed by atoms with Gasteiger partial charge in [0.25, 0.3) is 0 Å². The Kier molecular flexibility index (Phi) is 6.56. The maximum atomic E-state index is 13.3. The molecule has 2 saturated heterocycles. The lowest BCUT2D eigenvalue weighted by molar-refractivity contribution is -0.133. The fourth-order valence-electron chi connectivity index (χ4n) is 5.13. The van der Waals surface area contributed by atoms with E-state index in [2.05, 4.69) is 69.0 Å². The molecule has 0 atom stereocenters.